The average molecular weight is 421 g/mol. The number of morpholine rings is 1. The predicted molar refractivity (Wildman–Crippen MR) is 122 cm³/mol. The standard InChI is InChI=1S/C22H36N4O2S/c1-17(2)21-16-26(11-14-29-21)22(23-3)24-15-20(25-9-12-28-13-10-25)18-5-7-19(27-4)8-6-18/h5-8,17,20-21H,9-16H2,1-4H3,(H,23,24). The van der Waals surface area contributed by atoms with Crippen molar-refractivity contribution >= 4 is 17.7 Å². The summed E-state index contributed by atoms with van der Waals surface area (Å²) in [6, 6.07) is 8.73. The van der Waals surface area contributed by atoms with Crippen molar-refractivity contribution in [1.29, 1.82) is 0 Å². The number of methoxy groups -OCH3 is 1. The average Bonchev–Trinajstić information content (AvgIpc) is 2.77. The second kappa shape index (κ2) is 11.1. The summed E-state index contributed by atoms with van der Waals surface area (Å²) >= 11 is 2.09. The summed E-state index contributed by atoms with van der Waals surface area (Å²) in [7, 11) is 3.60. The van der Waals surface area contributed by atoms with E-state index in [0.717, 1.165) is 63.4 Å². The molecule has 0 bridgehead atoms. The quantitative estimate of drug-likeness (QED) is 0.564. The molecule has 2 heterocycles. The number of rotatable bonds is 6. The monoisotopic (exact) mass is 420 g/mol. The first-order chi connectivity index (χ1) is 14.1. The molecule has 0 spiro atoms. The first kappa shape index (κ1) is 22.2. The van der Waals surface area contributed by atoms with Crippen LogP contribution in [0.15, 0.2) is 29.3 Å². The lowest BCUT2D eigenvalue weighted by molar-refractivity contribution is 0.0169. The number of guanidine groups is 1. The van der Waals surface area contributed by atoms with Crippen LogP contribution in [0.25, 0.3) is 0 Å². The number of thioether (sulfide) groups is 1. The highest BCUT2D eigenvalue weighted by Crippen LogP contribution is 2.26. The molecule has 1 aromatic rings. The van der Waals surface area contributed by atoms with E-state index in [1.165, 1.54) is 5.56 Å². The van der Waals surface area contributed by atoms with Crippen LogP contribution in [-0.4, -0.2) is 86.9 Å². The molecule has 162 valence electrons. The zero-order valence-electron chi connectivity index (χ0n) is 18.3. The first-order valence-corrected chi connectivity index (χ1v) is 11.7. The van der Waals surface area contributed by atoms with E-state index < -0.39 is 0 Å². The number of hydrogen-bond donors (Lipinski definition) is 1. The van der Waals surface area contributed by atoms with Crippen LogP contribution in [0.5, 0.6) is 5.75 Å². The van der Waals surface area contributed by atoms with Gasteiger partial charge in [0.25, 0.3) is 0 Å². The third-order valence-corrected chi connectivity index (χ3v) is 7.33. The molecule has 2 unspecified atom stereocenters. The second-order valence-electron chi connectivity index (χ2n) is 7.96. The van der Waals surface area contributed by atoms with Crippen LogP contribution in [0.2, 0.25) is 0 Å². The molecule has 7 heteroatoms. The Hall–Kier alpha value is -1.44. The van der Waals surface area contributed by atoms with Crippen LogP contribution in [0.1, 0.15) is 25.5 Å². The fourth-order valence-corrected chi connectivity index (χ4v) is 5.26. The van der Waals surface area contributed by atoms with Gasteiger partial charge in [0.2, 0.25) is 0 Å². The van der Waals surface area contributed by atoms with Crippen LogP contribution < -0.4 is 10.1 Å². The van der Waals surface area contributed by atoms with E-state index in [4.69, 9.17) is 9.47 Å². The molecule has 0 saturated carbocycles. The molecule has 29 heavy (non-hydrogen) atoms. The minimum atomic E-state index is 0.279. The van der Waals surface area contributed by atoms with Crippen LogP contribution >= 0.6 is 11.8 Å². The Balaban J connectivity index is 1.69. The van der Waals surface area contributed by atoms with Gasteiger partial charge in [0.15, 0.2) is 5.96 Å². The predicted octanol–water partition coefficient (Wildman–Crippen LogP) is 2.72. The Kier molecular flexibility index (Phi) is 8.51. The molecule has 1 N–H and O–H groups in total. The van der Waals surface area contributed by atoms with Crippen molar-refractivity contribution in [1.82, 2.24) is 15.1 Å². The van der Waals surface area contributed by atoms with Crippen molar-refractivity contribution < 1.29 is 9.47 Å². The Bertz CT molecular complexity index is 647. The summed E-state index contributed by atoms with van der Waals surface area (Å²) in [4.78, 5) is 9.53. The van der Waals surface area contributed by atoms with E-state index in [9.17, 15) is 0 Å². The van der Waals surface area contributed by atoms with Gasteiger partial charge >= 0.3 is 0 Å². The van der Waals surface area contributed by atoms with Gasteiger partial charge in [-0.05, 0) is 23.6 Å². The Morgan fingerprint density at radius 3 is 2.59 bits per heavy atom. The number of benzene rings is 1. The number of nitrogens with one attached hydrogen (secondary N) is 1. The Morgan fingerprint density at radius 2 is 1.97 bits per heavy atom. The maximum Gasteiger partial charge on any atom is 0.193 e. The summed E-state index contributed by atoms with van der Waals surface area (Å²) in [5.41, 5.74) is 1.30. The molecule has 2 aliphatic rings. The summed E-state index contributed by atoms with van der Waals surface area (Å²) in [6.45, 7) is 11.1. The molecule has 2 fully saturated rings. The van der Waals surface area contributed by atoms with E-state index in [2.05, 4.69) is 57.9 Å². The number of hydrogen-bond acceptors (Lipinski definition) is 5. The van der Waals surface area contributed by atoms with E-state index in [0.29, 0.717) is 11.2 Å². The third kappa shape index (κ3) is 6.03. The van der Waals surface area contributed by atoms with Crippen molar-refractivity contribution in [2.45, 2.75) is 25.1 Å². The smallest absolute Gasteiger partial charge is 0.193 e. The largest absolute Gasteiger partial charge is 0.497 e. The SMILES string of the molecule is CN=C(NCC(c1ccc(OC)cc1)N1CCOCC1)N1CCSC(C(C)C)C1. The third-order valence-electron chi connectivity index (χ3n) is 5.79. The van der Waals surface area contributed by atoms with Gasteiger partial charge < -0.3 is 19.7 Å². The summed E-state index contributed by atoms with van der Waals surface area (Å²) < 4.78 is 10.9. The van der Waals surface area contributed by atoms with Gasteiger partial charge in [0.05, 0.1) is 26.4 Å². The number of ether oxygens (including phenoxy) is 2. The molecular formula is C22H36N4O2S. The van der Waals surface area contributed by atoms with E-state index in [1.54, 1.807) is 7.11 Å². The molecule has 2 saturated heterocycles. The van der Waals surface area contributed by atoms with Crippen LogP contribution in [0.3, 0.4) is 0 Å². The van der Waals surface area contributed by atoms with Gasteiger partial charge in [-0.2, -0.15) is 11.8 Å². The van der Waals surface area contributed by atoms with Gasteiger partial charge in [-0.3, -0.25) is 9.89 Å². The molecule has 0 radical (unpaired) electrons. The first-order valence-electron chi connectivity index (χ1n) is 10.6. The topological polar surface area (TPSA) is 49.3 Å². The Labute approximate surface area is 180 Å². The van der Waals surface area contributed by atoms with Crippen molar-refractivity contribution in [3.63, 3.8) is 0 Å². The highest BCUT2D eigenvalue weighted by molar-refractivity contribution is 8.00. The van der Waals surface area contributed by atoms with Crippen molar-refractivity contribution in [3.05, 3.63) is 29.8 Å². The minimum Gasteiger partial charge on any atom is -0.497 e. The Morgan fingerprint density at radius 1 is 1.24 bits per heavy atom. The number of aliphatic imine (C=N–C) groups is 1. The molecular weight excluding hydrogens is 384 g/mol. The molecule has 3 rings (SSSR count). The molecule has 2 aliphatic heterocycles. The zero-order valence-corrected chi connectivity index (χ0v) is 19.1. The van der Waals surface area contributed by atoms with Crippen molar-refractivity contribution in [3.8, 4) is 5.75 Å². The molecule has 0 amide bonds. The van der Waals surface area contributed by atoms with E-state index in [1.807, 2.05) is 19.2 Å². The van der Waals surface area contributed by atoms with Gasteiger partial charge in [0, 0.05) is 50.8 Å². The fourth-order valence-electron chi connectivity index (χ4n) is 3.96. The number of nitrogens with zero attached hydrogens (tertiary/aromatic N) is 3. The molecule has 0 aromatic heterocycles. The van der Waals surface area contributed by atoms with Crippen LogP contribution in [-0.2, 0) is 4.74 Å². The van der Waals surface area contributed by atoms with Crippen LogP contribution in [0.4, 0.5) is 0 Å². The minimum absolute atomic E-state index is 0.279. The van der Waals surface area contributed by atoms with E-state index in [-0.39, 0.29) is 6.04 Å². The lowest BCUT2D eigenvalue weighted by atomic mass is 10.0. The van der Waals surface area contributed by atoms with Gasteiger partial charge in [-0.15, -0.1) is 0 Å². The van der Waals surface area contributed by atoms with Crippen LogP contribution in [0, 0.1) is 5.92 Å². The normalized spacial score (nSPS) is 22.6. The second-order valence-corrected chi connectivity index (χ2v) is 9.31. The lowest BCUT2D eigenvalue weighted by Crippen LogP contribution is -2.51. The molecule has 6 nitrogen and oxygen atoms in total. The van der Waals surface area contributed by atoms with Crippen molar-refractivity contribution in [2.24, 2.45) is 10.9 Å². The summed E-state index contributed by atoms with van der Waals surface area (Å²) in [5.74, 6) is 3.75. The zero-order chi connectivity index (χ0) is 20.6. The summed E-state index contributed by atoms with van der Waals surface area (Å²) in [6.07, 6.45) is 0. The maximum absolute atomic E-state index is 5.58. The fraction of sp³-hybridized carbons (Fsp3) is 0.682. The van der Waals surface area contributed by atoms with Gasteiger partial charge in [0.1, 0.15) is 5.75 Å². The van der Waals surface area contributed by atoms with Gasteiger partial charge in [-0.1, -0.05) is 26.0 Å². The summed E-state index contributed by atoms with van der Waals surface area (Å²) in [5, 5.41) is 4.34. The van der Waals surface area contributed by atoms with Crippen molar-refractivity contribution in [2.75, 3.05) is 65.8 Å². The highest BCUT2D eigenvalue weighted by Gasteiger charge is 2.27. The molecule has 1 aromatic carbocycles. The maximum atomic E-state index is 5.58. The molecule has 0 aliphatic carbocycles. The van der Waals surface area contributed by atoms with E-state index >= 15 is 0 Å². The van der Waals surface area contributed by atoms with Gasteiger partial charge in [-0.25, -0.2) is 0 Å². The molecule has 2 atom stereocenters. The highest BCUT2D eigenvalue weighted by atomic mass is 32.2. The lowest BCUT2D eigenvalue weighted by Gasteiger charge is -2.38.